The normalized spacial score (nSPS) is 15.7. The van der Waals surface area contributed by atoms with Crippen LogP contribution in [0.4, 0.5) is 0 Å². The van der Waals surface area contributed by atoms with Crippen molar-refractivity contribution in [3.8, 4) is 0 Å². The SMILES string of the molecule is C[C@H](NC(=O)c1ccc(S(=O)(=O)NC2CC2)cc1)c1ccncc1. The summed E-state index contributed by atoms with van der Waals surface area (Å²) in [4.78, 5) is 16.4. The molecular weight excluding hydrogens is 326 g/mol. The molecule has 0 aliphatic heterocycles. The lowest BCUT2D eigenvalue weighted by atomic mass is 10.1. The summed E-state index contributed by atoms with van der Waals surface area (Å²) in [7, 11) is -3.49. The topological polar surface area (TPSA) is 88.2 Å². The molecule has 24 heavy (non-hydrogen) atoms. The number of nitrogens with one attached hydrogen (secondary N) is 2. The average molecular weight is 345 g/mol. The van der Waals surface area contributed by atoms with Crippen LogP contribution in [0.3, 0.4) is 0 Å². The molecule has 1 aromatic heterocycles. The molecule has 2 N–H and O–H groups in total. The molecule has 1 fully saturated rings. The fourth-order valence-corrected chi connectivity index (χ4v) is 3.59. The molecule has 0 saturated heterocycles. The van der Waals surface area contributed by atoms with Crippen LogP contribution in [-0.4, -0.2) is 25.4 Å². The number of amides is 1. The maximum Gasteiger partial charge on any atom is 0.251 e. The Balaban J connectivity index is 1.67. The van der Waals surface area contributed by atoms with E-state index in [-0.39, 0.29) is 22.9 Å². The minimum absolute atomic E-state index is 0.0548. The van der Waals surface area contributed by atoms with E-state index in [0.717, 1.165) is 18.4 Å². The number of sulfonamides is 1. The quantitative estimate of drug-likeness (QED) is 0.838. The van der Waals surface area contributed by atoms with E-state index in [1.54, 1.807) is 12.4 Å². The Hall–Kier alpha value is -2.25. The number of carbonyl (C=O) groups is 1. The summed E-state index contributed by atoms with van der Waals surface area (Å²) in [5.41, 5.74) is 1.37. The van der Waals surface area contributed by atoms with Crippen LogP contribution in [0.15, 0.2) is 53.7 Å². The fourth-order valence-electron chi connectivity index (χ4n) is 2.29. The Labute approximate surface area is 141 Å². The molecule has 1 atom stereocenters. The number of carbonyl (C=O) groups excluding carboxylic acids is 1. The predicted octanol–water partition coefficient (Wildman–Crippen LogP) is 2.01. The molecular formula is C17H19N3O3S. The lowest BCUT2D eigenvalue weighted by Gasteiger charge is -2.14. The Morgan fingerprint density at radius 2 is 1.75 bits per heavy atom. The van der Waals surface area contributed by atoms with Gasteiger partial charge in [0.05, 0.1) is 10.9 Å². The van der Waals surface area contributed by atoms with E-state index < -0.39 is 10.0 Å². The lowest BCUT2D eigenvalue weighted by molar-refractivity contribution is 0.0939. The highest BCUT2D eigenvalue weighted by Gasteiger charge is 2.28. The van der Waals surface area contributed by atoms with Crippen LogP contribution in [0.25, 0.3) is 0 Å². The van der Waals surface area contributed by atoms with E-state index in [9.17, 15) is 13.2 Å². The van der Waals surface area contributed by atoms with Crippen LogP contribution in [0.1, 0.15) is 41.7 Å². The van der Waals surface area contributed by atoms with Crippen LogP contribution < -0.4 is 10.0 Å². The predicted molar refractivity (Wildman–Crippen MR) is 89.9 cm³/mol. The number of pyridine rings is 1. The zero-order valence-electron chi connectivity index (χ0n) is 13.3. The third-order valence-corrected chi connectivity index (χ3v) is 5.42. The Morgan fingerprint density at radius 3 is 2.33 bits per heavy atom. The summed E-state index contributed by atoms with van der Waals surface area (Å²) in [6.07, 6.45) is 5.11. The van der Waals surface area contributed by atoms with Crippen molar-refractivity contribution in [2.24, 2.45) is 0 Å². The van der Waals surface area contributed by atoms with Gasteiger partial charge in [0.15, 0.2) is 0 Å². The van der Waals surface area contributed by atoms with E-state index in [0.29, 0.717) is 5.56 Å². The van der Waals surface area contributed by atoms with Crippen molar-refractivity contribution in [1.82, 2.24) is 15.0 Å². The first kappa shape index (κ1) is 16.6. The number of nitrogens with zero attached hydrogens (tertiary/aromatic N) is 1. The monoisotopic (exact) mass is 345 g/mol. The van der Waals surface area contributed by atoms with Gasteiger partial charge < -0.3 is 5.32 Å². The number of hydrogen-bond acceptors (Lipinski definition) is 4. The molecule has 0 radical (unpaired) electrons. The molecule has 1 heterocycles. The van der Waals surface area contributed by atoms with Gasteiger partial charge >= 0.3 is 0 Å². The molecule has 2 aromatic rings. The van der Waals surface area contributed by atoms with Crippen LogP contribution in [0.2, 0.25) is 0 Å². The molecule has 1 aliphatic rings. The summed E-state index contributed by atoms with van der Waals surface area (Å²) in [5.74, 6) is -0.251. The second kappa shape index (κ2) is 6.70. The zero-order valence-corrected chi connectivity index (χ0v) is 14.1. The van der Waals surface area contributed by atoms with E-state index in [1.165, 1.54) is 24.3 Å². The average Bonchev–Trinajstić information content (AvgIpc) is 3.39. The first-order valence-electron chi connectivity index (χ1n) is 7.79. The molecule has 1 aliphatic carbocycles. The van der Waals surface area contributed by atoms with Crippen LogP contribution in [0.5, 0.6) is 0 Å². The van der Waals surface area contributed by atoms with Gasteiger partial charge in [0, 0.05) is 24.0 Å². The zero-order chi connectivity index (χ0) is 17.2. The fraction of sp³-hybridized carbons (Fsp3) is 0.294. The molecule has 1 aromatic carbocycles. The van der Waals surface area contributed by atoms with Crippen LogP contribution in [-0.2, 0) is 10.0 Å². The molecule has 7 heteroatoms. The number of hydrogen-bond donors (Lipinski definition) is 2. The van der Waals surface area contributed by atoms with Gasteiger partial charge in [-0.3, -0.25) is 9.78 Å². The largest absolute Gasteiger partial charge is 0.346 e. The highest BCUT2D eigenvalue weighted by atomic mass is 32.2. The minimum Gasteiger partial charge on any atom is -0.346 e. The number of benzene rings is 1. The van der Waals surface area contributed by atoms with Crippen molar-refractivity contribution in [3.63, 3.8) is 0 Å². The summed E-state index contributed by atoms with van der Waals surface area (Å²) in [6, 6.07) is 9.52. The highest BCUT2D eigenvalue weighted by molar-refractivity contribution is 7.89. The van der Waals surface area contributed by atoms with Gasteiger partial charge in [0.25, 0.3) is 5.91 Å². The smallest absolute Gasteiger partial charge is 0.251 e. The van der Waals surface area contributed by atoms with Gasteiger partial charge in [0.1, 0.15) is 0 Å². The Morgan fingerprint density at radius 1 is 1.12 bits per heavy atom. The lowest BCUT2D eigenvalue weighted by Crippen LogP contribution is -2.27. The van der Waals surface area contributed by atoms with E-state index >= 15 is 0 Å². The molecule has 1 saturated carbocycles. The van der Waals surface area contributed by atoms with E-state index in [1.807, 2.05) is 19.1 Å². The first-order valence-corrected chi connectivity index (χ1v) is 9.27. The number of rotatable bonds is 6. The first-order chi connectivity index (χ1) is 11.5. The molecule has 0 bridgehead atoms. The second-order valence-electron chi connectivity index (χ2n) is 5.90. The van der Waals surface area contributed by atoms with Crippen molar-refractivity contribution in [1.29, 1.82) is 0 Å². The third kappa shape index (κ3) is 3.98. The molecule has 3 rings (SSSR count). The van der Waals surface area contributed by atoms with Crippen molar-refractivity contribution in [3.05, 3.63) is 59.9 Å². The van der Waals surface area contributed by atoms with Gasteiger partial charge in [-0.25, -0.2) is 13.1 Å². The van der Waals surface area contributed by atoms with Crippen LogP contribution in [0, 0.1) is 0 Å². The third-order valence-electron chi connectivity index (χ3n) is 3.88. The molecule has 0 spiro atoms. The van der Waals surface area contributed by atoms with Gasteiger partial charge in [-0.2, -0.15) is 0 Å². The maximum absolute atomic E-state index is 12.3. The molecule has 1 amide bonds. The second-order valence-corrected chi connectivity index (χ2v) is 7.61. The highest BCUT2D eigenvalue weighted by Crippen LogP contribution is 2.22. The number of aromatic nitrogens is 1. The maximum atomic E-state index is 12.3. The summed E-state index contributed by atoms with van der Waals surface area (Å²) >= 11 is 0. The molecule has 126 valence electrons. The van der Waals surface area contributed by atoms with Crippen molar-refractivity contribution in [2.75, 3.05) is 0 Å². The minimum atomic E-state index is -3.49. The van der Waals surface area contributed by atoms with Gasteiger partial charge in [0.2, 0.25) is 10.0 Å². The van der Waals surface area contributed by atoms with Gasteiger partial charge in [-0.15, -0.1) is 0 Å². The van der Waals surface area contributed by atoms with Gasteiger partial charge in [-0.05, 0) is 61.7 Å². The van der Waals surface area contributed by atoms with E-state index in [2.05, 4.69) is 15.0 Å². The van der Waals surface area contributed by atoms with Gasteiger partial charge in [-0.1, -0.05) is 0 Å². The molecule has 6 nitrogen and oxygen atoms in total. The Kier molecular flexibility index (Phi) is 4.64. The van der Waals surface area contributed by atoms with Crippen molar-refractivity contribution < 1.29 is 13.2 Å². The van der Waals surface area contributed by atoms with Crippen molar-refractivity contribution >= 4 is 15.9 Å². The standard InChI is InChI=1S/C17H19N3O3S/c1-12(13-8-10-18-11-9-13)19-17(21)14-2-6-16(7-3-14)24(22,23)20-15-4-5-15/h2-3,6-12,15,20H,4-5H2,1H3,(H,19,21)/t12-/m0/s1. The summed E-state index contributed by atoms with van der Waals surface area (Å²) in [5, 5.41) is 2.88. The van der Waals surface area contributed by atoms with Crippen molar-refractivity contribution in [2.45, 2.75) is 36.7 Å². The summed E-state index contributed by atoms with van der Waals surface area (Å²) < 4.78 is 26.8. The van der Waals surface area contributed by atoms with E-state index in [4.69, 9.17) is 0 Å². The Bertz CT molecular complexity index is 816. The summed E-state index contributed by atoms with van der Waals surface area (Å²) in [6.45, 7) is 1.88. The van der Waals surface area contributed by atoms with Crippen LogP contribution >= 0.6 is 0 Å². The molecule has 0 unspecified atom stereocenters.